The zero-order valence-electron chi connectivity index (χ0n) is 13.3. The average molecular weight is 264 g/mol. The van der Waals surface area contributed by atoms with Gasteiger partial charge in [0, 0.05) is 12.1 Å². The Morgan fingerprint density at radius 1 is 1.11 bits per heavy atom. The van der Waals surface area contributed by atoms with Gasteiger partial charge in [0.2, 0.25) is 0 Å². The van der Waals surface area contributed by atoms with Crippen molar-refractivity contribution in [2.75, 3.05) is 26.0 Å². The van der Waals surface area contributed by atoms with Gasteiger partial charge >= 0.3 is 0 Å². The first-order valence-electron chi connectivity index (χ1n) is 6.81. The Morgan fingerprint density at radius 2 is 1.74 bits per heavy atom. The van der Waals surface area contributed by atoms with E-state index in [0.717, 1.165) is 18.0 Å². The first-order chi connectivity index (χ1) is 8.69. The maximum absolute atomic E-state index is 5.43. The smallest absolute Gasteiger partial charge is 0.141 e. The van der Waals surface area contributed by atoms with Crippen LogP contribution in [0.2, 0.25) is 0 Å². The maximum Gasteiger partial charge on any atom is 0.141 e. The first kappa shape index (κ1) is 15.8. The minimum atomic E-state index is 0.0444. The third-order valence-corrected chi connectivity index (χ3v) is 3.46. The van der Waals surface area contributed by atoms with Crippen LogP contribution in [0.1, 0.15) is 40.2 Å². The number of hydrogen-bond donors (Lipinski definition) is 2. The molecule has 1 aromatic carbocycles. The Hall–Kier alpha value is -1.22. The van der Waals surface area contributed by atoms with Crippen LogP contribution in [0.3, 0.4) is 0 Å². The van der Waals surface area contributed by atoms with E-state index in [0.29, 0.717) is 0 Å². The Kier molecular flexibility index (Phi) is 4.86. The Morgan fingerprint density at radius 3 is 2.21 bits per heavy atom. The lowest BCUT2D eigenvalue weighted by molar-refractivity contribution is 0.413. The predicted octanol–water partition coefficient (Wildman–Crippen LogP) is 3.40. The Bertz CT molecular complexity index is 419. The lowest BCUT2D eigenvalue weighted by Gasteiger charge is -2.26. The highest BCUT2D eigenvalue weighted by Crippen LogP contribution is 2.31. The molecule has 0 amide bonds. The molecule has 0 saturated carbocycles. The molecule has 0 radical (unpaired) electrons. The normalized spacial score (nSPS) is 12.4. The summed E-state index contributed by atoms with van der Waals surface area (Å²) in [5.74, 6) is 0.889. The van der Waals surface area contributed by atoms with Crippen molar-refractivity contribution in [1.29, 1.82) is 0 Å². The van der Waals surface area contributed by atoms with Gasteiger partial charge in [0.25, 0.3) is 0 Å². The van der Waals surface area contributed by atoms with Crippen molar-refractivity contribution < 1.29 is 4.74 Å². The molecule has 1 rings (SSSR count). The molecule has 0 aliphatic carbocycles. The van der Waals surface area contributed by atoms with Crippen LogP contribution in [0.15, 0.2) is 18.2 Å². The number of ether oxygens (including phenoxy) is 1. The zero-order chi connectivity index (χ0) is 14.7. The van der Waals surface area contributed by atoms with E-state index in [1.165, 1.54) is 5.56 Å². The number of nitrogens with one attached hydrogen (secondary N) is 2. The van der Waals surface area contributed by atoms with Crippen LogP contribution >= 0.6 is 0 Å². The van der Waals surface area contributed by atoms with Crippen molar-refractivity contribution in [3.8, 4) is 5.75 Å². The monoisotopic (exact) mass is 264 g/mol. The first-order valence-corrected chi connectivity index (χ1v) is 6.81. The second-order valence-corrected chi connectivity index (χ2v) is 6.65. The predicted molar refractivity (Wildman–Crippen MR) is 83.3 cm³/mol. The van der Waals surface area contributed by atoms with Gasteiger partial charge in [0.1, 0.15) is 5.75 Å². The van der Waals surface area contributed by atoms with Crippen LogP contribution in [-0.4, -0.2) is 26.2 Å². The zero-order valence-corrected chi connectivity index (χ0v) is 13.3. The van der Waals surface area contributed by atoms with Crippen LogP contribution in [0.5, 0.6) is 5.75 Å². The summed E-state index contributed by atoms with van der Waals surface area (Å²) in [4.78, 5) is 0. The van der Waals surface area contributed by atoms with Crippen molar-refractivity contribution in [2.45, 2.75) is 45.6 Å². The molecule has 0 fully saturated rings. The van der Waals surface area contributed by atoms with Gasteiger partial charge in [-0.25, -0.2) is 0 Å². The van der Waals surface area contributed by atoms with E-state index < -0.39 is 0 Å². The van der Waals surface area contributed by atoms with Gasteiger partial charge in [-0.3, -0.25) is 0 Å². The number of anilines is 1. The standard InChI is InChI=1S/C16H28N2O/c1-15(2,3)12-8-9-14(19-7)13(10-12)18-11-16(4,5)17-6/h8-10,17-18H,11H2,1-7H3. The van der Waals surface area contributed by atoms with Crippen molar-refractivity contribution >= 4 is 5.69 Å². The van der Waals surface area contributed by atoms with Crippen molar-refractivity contribution in [3.63, 3.8) is 0 Å². The Balaban J connectivity index is 2.97. The van der Waals surface area contributed by atoms with E-state index in [1.807, 2.05) is 13.1 Å². The molecule has 0 bridgehead atoms. The second-order valence-electron chi connectivity index (χ2n) is 6.65. The highest BCUT2D eigenvalue weighted by atomic mass is 16.5. The number of methoxy groups -OCH3 is 1. The van der Waals surface area contributed by atoms with Crippen molar-refractivity contribution in [1.82, 2.24) is 5.32 Å². The van der Waals surface area contributed by atoms with Gasteiger partial charge in [0.15, 0.2) is 0 Å². The highest BCUT2D eigenvalue weighted by Gasteiger charge is 2.18. The van der Waals surface area contributed by atoms with Gasteiger partial charge in [-0.2, -0.15) is 0 Å². The van der Waals surface area contributed by atoms with Gasteiger partial charge in [-0.1, -0.05) is 26.8 Å². The molecular weight excluding hydrogens is 236 g/mol. The third-order valence-electron chi connectivity index (χ3n) is 3.46. The number of likely N-dealkylation sites (N-methyl/N-ethyl adjacent to an activating group) is 1. The molecule has 1 aromatic rings. The molecule has 2 N–H and O–H groups in total. The molecule has 0 spiro atoms. The molecule has 0 atom stereocenters. The SMILES string of the molecule is CNC(C)(C)CNc1cc(C(C)(C)C)ccc1OC. The number of benzene rings is 1. The summed E-state index contributed by atoms with van der Waals surface area (Å²) in [6, 6.07) is 6.35. The fourth-order valence-corrected chi connectivity index (χ4v) is 1.72. The molecule has 0 heterocycles. The van der Waals surface area contributed by atoms with E-state index >= 15 is 0 Å². The summed E-state index contributed by atoms with van der Waals surface area (Å²) in [6.45, 7) is 11.8. The number of hydrogen-bond acceptors (Lipinski definition) is 3. The second kappa shape index (κ2) is 5.83. The van der Waals surface area contributed by atoms with Crippen LogP contribution in [0, 0.1) is 0 Å². The minimum absolute atomic E-state index is 0.0444. The maximum atomic E-state index is 5.43. The van der Waals surface area contributed by atoms with Crippen LogP contribution in [0.25, 0.3) is 0 Å². The van der Waals surface area contributed by atoms with Crippen LogP contribution in [-0.2, 0) is 5.41 Å². The average Bonchev–Trinajstić information content (AvgIpc) is 2.35. The lowest BCUT2D eigenvalue weighted by Crippen LogP contribution is -2.42. The summed E-state index contributed by atoms with van der Waals surface area (Å²) < 4.78 is 5.43. The molecule has 0 aliphatic heterocycles. The molecular formula is C16H28N2O. The van der Waals surface area contributed by atoms with Gasteiger partial charge < -0.3 is 15.4 Å². The Labute approximate surface area is 117 Å². The van der Waals surface area contributed by atoms with Gasteiger partial charge in [0.05, 0.1) is 12.8 Å². The molecule has 3 heteroatoms. The summed E-state index contributed by atoms with van der Waals surface area (Å²) in [6.07, 6.45) is 0. The summed E-state index contributed by atoms with van der Waals surface area (Å²) in [5.41, 5.74) is 2.54. The van der Waals surface area contributed by atoms with Crippen LogP contribution < -0.4 is 15.4 Å². The van der Waals surface area contributed by atoms with Crippen molar-refractivity contribution in [2.24, 2.45) is 0 Å². The van der Waals surface area contributed by atoms with E-state index in [9.17, 15) is 0 Å². The van der Waals surface area contributed by atoms with Gasteiger partial charge in [-0.15, -0.1) is 0 Å². The van der Waals surface area contributed by atoms with Crippen molar-refractivity contribution in [3.05, 3.63) is 23.8 Å². The van der Waals surface area contributed by atoms with Gasteiger partial charge in [-0.05, 0) is 44.0 Å². The van der Waals surface area contributed by atoms with Crippen LogP contribution in [0.4, 0.5) is 5.69 Å². The van der Waals surface area contributed by atoms with E-state index in [2.05, 4.69) is 57.4 Å². The van der Waals surface area contributed by atoms with E-state index in [4.69, 9.17) is 4.74 Å². The number of rotatable bonds is 5. The molecule has 0 saturated heterocycles. The lowest BCUT2D eigenvalue weighted by atomic mass is 9.86. The molecule has 108 valence electrons. The molecule has 19 heavy (non-hydrogen) atoms. The summed E-state index contributed by atoms with van der Waals surface area (Å²) in [5, 5.41) is 6.77. The fraction of sp³-hybridized carbons (Fsp3) is 0.625. The largest absolute Gasteiger partial charge is 0.495 e. The molecule has 0 unspecified atom stereocenters. The minimum Gasteiger partial charge on any atom is -0.495 e. The summed E-state index contributed by atoms with van der Waals surface area (Å²) >= 11 is 0. The molecule has 0 aromatic heterocycles. The quantitative estimate of drug-likeness (QED) is 0.855. The summed E-state index contributed by atoms with van der Waals surface area (Å²) in [7, 11) is 3.69. The topological polar surface area (TPSA) is 33.3 Å². The third kappa shape index (κ3) is 4.43. The molecule has 0 aliphatic rings. The van der Waals surface area contributed by atoms with E-state index in [-0.39, 0.29) is 11.0 Å². The fourth-order valence-electron chi connectivity index (χ4n) is 1.72. The highest BCUT2D eigenvalue weighted by molar-refractivity contribution is 5.59. The van der Waals surface area contributed by atoms with E-state index in [1.54, 1.807) is 7.11 Å². The molecule has 3 nitrogen and oxygen atoms in total.